The lowest BCUT2D eigenvalue weighted by Crippen LogP contribution is -2.68. The second kappa shape index (κ2) is 6.21. The smallest absolute Gasteiger partial charge is 0.165 e. The molecule has 1 saturated heterocycles. The first kappa shape index (κ1) is 17.5. The Bertz CT molecular complexity index is 779. The van der Waals surface area contributed by atoms with Crippen LogP contribution in [-0.2, 0) is 16.6 Å². The molecule has 0 aromatic heterocycles. The maximum Gasteiger partial charge on any atom is 0.165 e. The number of hydrogen-bond acceptors (Lipinski definition) is 5. The van der Waals surface area contributed by atoms with Crippen LogP contribution in [0.5, 0.6) is 11.5 Å². The average Bonchev–Trinajstić information content (AvgIpc) is 3.04. The molecule has 27 heavy (non-hydrogen) atoms. The molecule has 5 rings (SSSR count). The zero-order valence-corrected chi connectivity index (χ0v) is 16.6. The molecule has 5 atom stereocenters. The van der Waals surface area contributed by atoms with Crippen molar-refractivity contribution in [1.82, 2.24) is 10.2 Å². The van der Waals surface area contributed by atoms with Gasteiger partial charge in [-0.25, -0.2) is 0 Å². The Hall–Kier alpha value is -1.59. The summed E-state index contributed by atoms with van der Waals surface area (Å²) in [5.74, 6) is 2.73. The van der Waals surface area contributed by atoms with Gasteiger partial charge in [-0.1, -0.05) is 13.0 Å². The van der Waals surface area contributed by atoms with Gasteiger partial charge in [-0.05, 0) is 56.8 Å². The van der Waals surface area contributed by atoms with Crippen molar-refractivity contribution in [2.45, 2.75) is 62.6 Å². The average molecular weight is 370 g/mol. The van der Waals surface area contributed by atoms with E-state index in [1.54, 1.807) is 7.11 Å². The fraction of sp³-hybridized carbons (Fsp3) is 0.682. The third-order valence-electron chi connectivity index (χ3n) is 7.76. The van der Waals surface area contributed by atoms with Gasteiger partial charge in [-0.3, -0.25) is 4.79 Å². The van der Waals surface area contributed by atoms with Crippen molar-refractivity contribution in [1.29, 1.82) is 0 Å². The van der Waals surface area contributed by atoms with Crippen molar-refractivity contribution in [2.75, 3.05) is 27.2 Å². The molecule has 5 nitrogen and oxygen atoms in total. The summed E-state index contributed by atoms with van der Waals surface area (Å²) < 4.78 is 12.4. The molecule has 1 aromatic carbocycles. The molecule has 1 aromatic rings. The van der Waals surface area contributed by atoms with E-state index < -0.39 is 0 Å². The van der Waals surface area contributed by atoms with Gasteiger partial charge in [0.25, 0.3) is 0 Å². The zero-order chi connectivity index (χ0) is 18.8. The molecular formula is C22H30N2O3. The number of piperidine rings is 1. The van der Waals surface area contributed by atoms with E-state index in [1.807, 2.05) is 6.92 Å². The number of methoxy groups -OCH3 is 1. The first-order valence-corrected chi connectivity index (χ1v) is 10.4. The highest BCUT2D eigenvalue weighted by atomic mass is 16.5. The Kier molecular flexibility index (Phi) is 4.03. The predicted molar refractivity (Wildman–Crippen MR) is 104 cm³/mol. The topological polar surface area (TPSA) is 50.8 Å². The number of ketones is 1. The molecule has 2 unspecified atom stereocenters. The number of Topliss-reactive ketones (excluding diaryl/α,β-unsaturated/α-hetero) is 1. The number of likely N-dealkylation sites (N-methyl/N-ethyl adjacent to an activating group) is 1. The normalized spacial score (nSPS) is 36.1. The van der Waals surface area contributed by atoms with Gasteiger partial charge >= 0.3 is 0 Å². The highest BCUT2D eigenvalue weighted by Crippen LogP contribution is 2.63. The fourth-order valence-corrected chi connectivity index (χ4v) is 6.47. The standard InChI is InChI=1S/C22H30N2O3/c1-4-14(25)12-23-16-7-6-15-17-11-13-5-8-18(26-3)20-19(13)22(15,21(16)27-20)9-10-24(17)2/h5,8,15-17,21,23H,4,6-7,9-12H2,1-3H3/t15?,16?,17-,21+,22+/m0/s1. The minimum absolute atomic E-state index is 0.0693. The van der Waals surface area contributed by atoms with E-state index in [4.69, 9.17) is 9.47 Å². The third kappa shape index (κ3) is 2.27. The largest absolute Gasteiger partial charge is 0.493 e. The summed E-state index contributed by atoms with van der Waals surface area (Å²) in [4.78, 5) is 14.5. The number of benzene rings is 1. The van der Waals surface area contributed by atoms with Gasteiger partial charge in [0.2, 0.25) is 0 Å². The lowest BCUT2D eigenvalue weighted by atomic mass is 9.51. The van der Waals surface area contributed by atoms with Gasteiger partial charge in [-0.15, -0.1) is 0 Å². The Balaban J connectivity index is 1.60. The van der Waals surface area contributed by atoms with Crippen molar-refractivity contribution in [2.24, 2.45) is 5.92 Å². The van der Waals surface area contributed by atoms with Gasteiger partial charge in [0.05, 0.1) is 13.7 Å². The molecular weight excluding hydrogens is 340 g/mol. The van der Waals surface area contributed by atoms with Crippen LogP contribution in [0.4, 0.5) is 0 Å². The molecule has 2 heterocycles. The summed E-state index contributed by atoms with van der Waals surface area (Å²) >= 11 is 0. The van der Waals surface area contributed by atoms with E-state index in [9.17, 15) is 4.79 Å². The number of carbonyl (C=O) groups excluding carboxylic acids is 1. The zero-order valence-electron chi connectivity index (χ0n) is 16.6. The monoisotopic (exact) mass is 370 g/mol. The van der Waals surface area contributed by atoms with Crippen molar-refractivity contribution >= 4 is 5.78 Å². The summed E-state index contributed by atoms with van der Waals surface area (Å²) in [6.07, 6.45) is 5.19. The van der Waals surface area contributed by atoms with Crippen LogP contribution in [0, 0.1) is 5.92 Å². The lowest BCUT2D eigenvalue weighted by molar-refractivity contribution is -0.118. The minimum Gasteiger partial charge on any atom is -0.493 e. The van der Waals surface area contributed by atoms with Crippen molar-refractivity contribution in [3.63, 3.8) is 0 Å². The van der Waals surface area contributed by atoms with Crippen LogP contribution in [-0.4, -0.2) is 56.1 Å². The molecule has 5 heteroatoms. The van der Waals surface area contributed by atoms with Gasteiger partial charge in [0, 0.05) is 29.5 Å². The van der Waals surface area contributed by atoms with Crippen LogP contribution in [0.1, 0.15) is 43.7 Å². The summed E-state index contributed by atoms with van der Waals surface area (Å²) in [7, 11) is 4.01. The molecule has 2 aliphatic heterocycles. The number of rotatable bonds is 5. The number of nitrogens with zero attached hydrogens (tertiary/aromatic N) is 1. The molecule has 1 N–H and O–H groups in total. The molecule has 0 radical (unpaired) electrons. The van der Waals surface area contributed by atoms with Gasteiger partial charge in [0.15, 0.2) is 11.5 Å². The minimum atomic E-state index is 0.0693. The first-order chi connectivity index (χ1) is 13.1. The van der Waals surface area contributed by atoms with Crippen LogP contribution in [0.2, 0.25) is 0 Å². The predicted octanol–water partition coefficient (Wildman–Crippen LogP) is 2.30. The Morgan fingerprint density at radius 2 is 2.26 bits per heavy atom. The van der Waals surface area contributed by atoms with Crippen LogP contribution in [0.25, 0.3) is 0 Å². The Labute approximate surface area is 161 Å². The van der Waals surface area contributed by atoms with Gasteiger partial charge in [-0.2, -0.15) is 0 Å². The van der Waals surface area contributed by atoms with Crippen molar-refractivity contribution < 1.29 is 14.3 Å². The second-order valence-electron chi connectivity index (χ2n) is 8.78. The SMILES string of the molecule is CCC(=O)CNC1CCC2[C@@H]3Cc4ccc(OC)c5c4[C@]2(CCN3C)[C@@H]1O5. The van der Waals surface area contributed by atoms with E-state index in [1.165, 1.54) is 17.5 Å². The molecule has 1 saturated carbocycles. The number of carbonyl (C=O) groups is 1. The van der Waals surface area contributed by atoms with E-state index in [-0.39, 0.29) is 23.3 Å². The summed E-state index contributed by atoms with van der Waals surface area (Å²) in [6, 6.07) is 5.14. The molecule has 2 aliphatic carbocycles. The molecule has 2 fully saturated rings. The molecule has 2 bridgehead atoms. The quantitative estimate of drug-likeness (QED) is 0.862. The van der Waals surface area contributed by atoms with E-state index in [0.29, 0.717) is 24.9 Å². The summed E-state index contributed by atoms with van der Waals surface area (Å²) in [5, 5.41) is 3.56. The highest BCUT2D eigenvalue weighted by Gasteiger charge is 2.65. The van der Waals surface area contributed by atoms with E-state index in [2.05, 4.69) is 29.4 Å². The second-order valence-corrected chi connectivity index (χ2v) is 8.78. The van der Waals surface area contributed by atoms with E-state index >= 15 is 0 Å². The molecule has 4 aliphatic rings. The Morgan fingerprint density at radius 1 is 1.41 bits per heavy atom. The molecule has 1 spiro atoms. The molecule has 146 valence electrons. The summed E-state index contributed by atoms with van der Waals surface area (Å²) in [5.41, 5.74) is 2.93. The number of hydrogen-bond donors (Lipinski definition) is 1. The van der Waals surface area contributed by atoms with Gasteiger partial charge < -0.3 is 19.7 Å². The fourth-order valence-electron chi connectivity index (χ4n) is 6.47. The lowest BCUT2D eigenvalue weighted by Gasteiger charge is -2.59. The van der Waals surface area contributed by atoms with Crippen LogP contribution >= 0.6 is 0 Å². The van der Waals surface area contributed by atoms with Crippen LogP contribution in [0.3, 0.4) is 0 Å². The summed E-state index contributed by atoms with van der Waals surface area (Å²) in [6.45, 7) is 3.49. The van der Waals surface area contributed by atoms with Gasteiger partial charge in [0.1, 0.15) is 11.9 Å². The number of ether oxygens (including phenoxy) is 2. The van der Waals surface area contributed by atoms with Crippen LogP contribution in [0.15, 0.2) is 12.1 Å². The van der Waals surface area contributed by atoms with Crippen molar-refractivity contribution in [3.05, 3.63) is 23.3 Å². The van der Waals surface area contributed by atoms with Crippen molar-refractivity contribution in [3.8, 4) is 11.5 Å². The van der Waals surface area contributed by atoms with E-state index in [0.717, 1.165) is 37.3 Å². The number of nitrogens with one attached hydrogen (secondary N) is 1. The Morgan fingerprint density at radius 3 is 3.04 bits per heavy atom. The first-order valence-electron chi connectivity index (χ1n) is 10.4. The van der Waals surface area contributed by atoms with Crippen LogP contribution < -0.4 is 14.8 Å². The maximum absolute atomic E-state index is 11.9. The maximum atomic E-state index is 11.9. The number of likely N-dealkylation sites (tertiary alicyclic amines) is 1. The molecule has 0 amide bonds. The highest BCUT2D eigenvalue weighted by molar-refractivity contribution is 5.80. The third-order valence-corrected chi connectivity index (χ3v) is 7.76.